The molecule has 1 saturated carbocycles. The van der Waals surface area contributed by atoms with Crippen molar-refractivity contribution < 1.29 is 29.0 Å². The van der Waals surface area contributed by atoms with Crippen LogP contribution in [0.4, 0.5) is 4.79 Å². The van der Waals surface area contributed by atoms with Gasteiger partial charge in [0.2, 0.25) is 5.91 Å². The fourth-order valence-corrected chi connectivity index (χ4v) is 4.54. The van der Waals surface area contributed by atoms with E-state index in [1.54, 1.807) is 6.92 Å². The Bertz CT molecular complexity index is 1010. The third-order valence-corrected chi connectivity index (χ3v) is 6.30. The van der Waals surface area contributed by atoms with E-state index in [2.05, 4.69) is 22.8 Å². The lowest BCUT2D eigenvalue weighted by atomic mass is 9.98. The highest BCUT2D eigenvalue weighted by Gasteiger charge is 2.38. The van der Waals surface area contributed by atoms with Crippen molar-refractivity contribution in [1.29, 1.82) is 0 Å². The SMILES string of the molecule is CCOC(CNC(=O)C(NC(=O)OCC1c2ccccc2-c2ccccc21)C1CC1)CC(=O)O. The van der Waals surface area contributed by atoms with Gasteiger partial charge in [0.05, 0.1) is 12.5 Å². The first-order valence-electron chi connectivity index (χ1n) is 11.7. The maximum atomic E-state index is 12.8. The lowest BCUT2D eigenvalue weighted by Crippen LogP contribution is -2.50. The van der Waals surface area contributed by atoms with E-state index in [0.717, 1.165) is 35.1 Å². The molecule has 2 aliphatic rings. The number of alkyl carbamates (subject to hydrolysis) is 1. The van der Waals surface area contributed by atoms with E-state index in [1.165, 1.54) is 0 Å². The molecule has 0 aromatic heterocycles. The van der Waals surface area contributed by atoms with Crippen molar-refractivity contribution in [3.8, 4) is 11.1 Å². The van der Waals surface area contributed by atoms with Crippen LogP contribution in [0.2, 0.25) is 0 Å². The second-order valence-corrected chi connectivity index (χ2v) is 8.71. The number of carboxylic acids is 1. The van der Waals surface area contributed by atoms with E-state index in [9.17, 15) is 14.4 Å². The molecule has 1 fully saturated rings. The number of benzene rings is 2. The molecule has 0 saturated heterocycles. The van der Waals surface area contributed by atoms with Gasteiger partial charge in [-0.3, -0.25) is 9.59 Å². The Morgan fingerprint density at radius 1 is 1.03 bits per heavy atom. The van der Waals surface area contributed by atoms with Crippen molar-refractivity contribution in [2.24, 2.45) is 5.92 Å². The van der Waals surface area contributed by atoms with Crippen LogP contribution in [-0.4, -0.2) is 55.0 Å². The summed E-state index contributed by atoms with van der Waals surface area (Å²) in [5.41, 5.74) is 4.53. The van der Waals surface area contributed by atoms with Crippen molar-refractivity contribution in [3.05, 3.63) is 59.7 Å². The third kappa shape index (κ3) is 5.56. The van der Waals surface area contributed by atoms with Crippen LogP contribution in [0.3, 0.4) is 0 Å². The molecule has 2 atom stereocenters. The number of ether oxygens (including phenoxy) is 2. The molecule has 0 bridgehead atoms. The number of fused-ring (bicyclic) bond motifs is 3. The summed E-state index contributed by atoms with van der Waals surface area (Å²) >= 11 is 0. The molecule has 3 N–H and O–H groups in total. The monoisotopic (exact) mass is 466 g/mol. The molecule has 2 amide bonds. The maximum Gasteiger partial charge on any atom is 0.407 e. The van der Waals surface area contributed by atoms with Gasteiger partial charge in [0, 0.05) is 19.1 Å². The van der Waals surface area contributed by atoms with Crippen LogP contribution in [0.25, 0.3) is 11.1 Å². The number of amides is 2. The number of carbonyl (C=O) groups is 3. The van der Waals surface area contributed by atoms with Crippen LogP contribution >= 0.6 is 0 Å². The Kier molecular flexibility index (Phi) is 7.47. The van der Waals surface area contributed by atoms with Gasteiger partial charge >= 0.3 is 12.1 Å². The van der Waals surface area contributed by atoms with Crippen LogP contribution < -0.4 is 10.6 Å². The zero-order valence-electron chi connectivity index (χ0n) is 19.2. The number of hydrogen-bond acceptors (Lipinski definition) is 5. The first-order chi connectivity index (χ1) is 16.5. The lowest BCUT2D eigenvalue weighted by molar-refractivity contribution is -0.140. The average Bonchev–Trinajstić information content (AvgIpc) is 3.62. The van der Waals surface area contributed by atoms with Gasteiger partial charge in [-0.15, -0.1) is 0 Å². The molecule has 4 rings (SSSR count). The standard InChI is InChI=1S/C26H30N2O6/c1-2-33-17(13-23(29)30)14-27-25(31)24(16-11-12-16)28-26(32)34-15-22-20-9-5-3-7-18(20)19-8-4-6-10-21(19)22/h3-10,16-17,22,24H,2,11-15H2,1H3,(H,27,31)(H,28,32)(H,29,30). The van der Waals surface area contributed by atoms with Gasteiger partial charge in [0.15, 0.2) is 0 Å². The number of rotatable bonds is 11. The first kappa shape index (κ1) is 23.8. The van der Waals surface area contributed by atoms with E-state index in [4.69, 9.17) is 14.6 Å². The highest BCUT2D eigenvalue weighted by Crippen LogP contribution is 2.44. The molecule has 8 heteroatoms. The van der Waals surface area contributed by atoms with E-state index >= 15 is 0 Å². The van der Waals surface area contributed by atoms with Crippen LogP contribution in [0.1, 0.15) is 43.2 Å². The van der Waals surface area contributed by atoms with Crippen molar-refractivity contribution in [1.82, 2.24) is 10.6 Å². The zero-order chi connectivity index (χ0) is 24.1. The smallest absolute Gasteiger partial charge is 0.407 e. The molecule has 0 spiro atoms. The highest BCUT2D eigenvalue weighted by atomic mass is 16.5. The normalized spacial score (nSPS) is 16.1. The number of aliphatic carboxylic acids is 1. The van der Waals surface area contributed by atoms with Crippen LogP contribution in [0.15, 0.2) is 48.5 Å². The molecule has 0 heterocycles. The highest BCUT2D eigenvalue weighted by molar-refractivity contribution is 5.86. The molecule has 180 valence electrons. The van der Waals surface area contributed by atoms with Gasteiger partial charge in [0.1, 0.15) is 12.6 Å². The summed E-state index contributed by atoms with van der Waals surface area (Å²) in [6, 6.07) is 15.5. The molecule has 0 aliphatic heterocycles. The predicted octanol–water partition coefficient (Wildman–Crippen LogP) is 3.30. The fourth-order valence-electron chi connectivity index (χ4n) is 4.54. The quantitative estimate of drug-likeness (QED) is 0.468. The molecule has 8 nitrogen and oxygen atoms in total. The van der Waals surface area contributed by atoms with Gasteiger partial charge in [-0.1, -0.05) is 48.5 Å². The van der Waals surface area contributed by atoms with Gasteiger partial charge in [-0.2, -0.15) is 0 Å². The topological polar surface area (TPSA) is 114 Å². The molecule has 2 unspecified atom stereocenters. The lowest BCUT2D eigenvalue weighted by Gasteiger charge is -2.21. The third-order valence-electron chi connectivity index (χ3n) is 6.30. The molecular formula is C26H30N2O6. The summed E-state index contributed by atoms with van der Waals surface area (Å²) < 4.78 is 11.0. The van der Waals surface area contributed by atoms with Crippen molar-refractivity contribution >= 4 is 18.0 Å². The summed E-state index contributed by atoms with van der Waals surface area (Å²) in [4.78, 5) is 36.4. The largest absolute Gasteiger partial charge is 0.481 e. The van der Waals surface area contributed by atoms with Gasteiger partial charge < -0.3 is 25.2 Å². The van der Waals surface area contributed by atoms with Crippen LogP contribution in [0.5, 0.6) is 0 Å². The summed E-state index contributed by atoms with van der Waals surface area (Å²) in [5.74, 6) is -1.37. The Morgan fingerprint density at radius 3 is 2.21 bits per heavy atom. The minimum Gasteiger partial charge on any atom is -0.481 e. The zero-order valence-corrected chi connectivity index (χ0v) is 19.2. The molecule has 34 heavy (non-hydrogen) atoms. The van der Waals surface area contributed by atoms with Gasteiger partial charge in [0.25, 0.3) is 0 Å². The van der Waals surface area contributed by atoms with Crippen molar-refractivity contribution in [3.63, 3.8) is 0 Å². The van der Waals surface area contributed by atoms with E-state index in [1.807, 2.05) is 36.4 Å². The minimum absolute atomic E-state index is 0.0468. The molecule has 2 aliphatic carbocycles. The molecular weight excluding hydrogens is 436 g/mol. The number of carbonyl (C=O) groups excluding carboxylic acids is 2. The van der Waals surface area contributed by atoms with E-state index in [0.29, 0.717) is 6.61 Å². The van der Waals surface area contributed by atoms with Gasteiger partial charge in [-0.25, -0.2) is 4.79 Å². The second kappa shape index (κ2) is 10.7. The fraction of sp³-hybridized carbons (Fsp3) is 0.423. The van der Waals surface area contributed by atoms with Crippen molar-refractivity contribution in [2.75, 3.05) is 19.8 Å². The second-order valence-electron chi connectivity index (χ2n) is 8.71. The minimum atomic E-state index is -0.997. The molecule has 2 aromatic rings. The Balaban J connectivity index is 1.34. The predicted molar refractivity (Wildman–Crippen MR) is 125 cm³/mol. The van der Waals surface area contributed by atoms with Crippen molar-refractivity contribution in [2.45, 2.75) is 44.2 Å². The van der Waals surface area contributed by atoms with Crippen LogP contribution in [0, 0.1) is 5.92 Å². The summed E-state index contributed by atoms with van der Waals surface area (Å²) in [7, 11) is 0. The van der Waals surface area contributed by atoms with E-state index in [-0.39, 0.29) is 37.3 Å². The summed E-state index contributed by atoms with van der Waals surface area (Å²) in [6.07, 6.45) is 0.209. The Labute approximate surface area is 198 Å². The first-order valence-corrected chi connectivity index (χ1v) is 11.7. The maximum absolute atomic E-state index is 12.8. The molecule has 0 radical (unpaired) electrons. The number of nitrogens with one attached hydrogen (secondary N) is 2. The van der Waals surface area contributed by atoms with E-state index < -0.39 is 24.2 Å². The average molecular weight is 467 g/mol. The van der Waals surface area contributed by atoms with Gasteiger partial charge in [-0.05, 0) is 47.9 Å². The summed E-state index contributed by atoms with van der Waals surface area (Å²) in [6.45, 7) is 2.35. The number of carboxylic acid groups (broad SMARTS) is 1. The summed E-state index contributed by atoms with van der Waals surface area (Å²) in [5, 5.41) is 14.4. The Hall–Kier alpha value is -3.39. The van der Waals surface area contributed by atoms with Crippen LogP contribution in [-0.2, 0) is 19.1 Å². The number of hydrogen-bond donors (Lipinski definition) is 3. The molecule has 2 aromatic carbocycles. The Morgan fingerprint density at radius 2 is 1.65 bits per heavy atom.